The Balaban J connectivity index is 1.17. The highest BCUT2D eigenvalue weighted by atomic mass is 32.1. The maximum absolute atomic E-state index is 4.87. The molecule has 0 aliphatic rings. The second kappa shape index (κ2) is 10.7. The minimum Gasteiger partial charge on any atom is -0.243 e. The lowest BCUT2D eigenvalue weighted by Crippen LogP contribution is -2.00. The van der Waals surface area contributed by atoms with Crippen molar-refractivity contribution in [3.05, 3.63) is 140 Å². The van der Waals surface area contributed by atoms with Gasteiger partial charge in [-0.25, -0.2) is 24.9 Å². The lowest BCUT2D eigenvalue weighted by atomic mass is 9.97. The second-order valence-corrected chi connectivity index (χ2v) is 11.3. The van der Waals surface area contributed by atoms with Gasteiger partial charge in [-0.3, -0.25) is 0 Å². The maximum Gasteiger partial charge on any atom is 0.164 e. The van der Waals surface area contributed by atoms with Crippen molar-refractivity contribution in [2.24, 2.45) is 0 Å². The average Bonchev–Trinajstić information content (AvgIpc) is 3.48. The minimum atomic E-state index is 0.646. The van der Waals surface area contributed by atoms with Crippen LogP contribution in [0.5, 0.6) is 0 Å². The summed E-state index contributed by atoms with van der Waals surface area (Å²) in [6, 6.07) is 43.7. The lowest BCUT2D eigenvalue weighted by molar-refractivity contribution is 1.07. The quantitative estimate of drug-likeness (QED) is 0.207. The molecule has 0 radical (unpaired) electrons. The van der Waals surface area contributed by atoms with E-state index in [0.29, 0.717) is 17.5 Å². The van der Waals surface area contributed by atoms with Gasteiger partial charge in [0.15, 0.2) is 17.5 Å². The zero-order valence-electron chi connectivity index (χ0n) is 22.9. The Morgan fingerprint density at radius 3 is 1.70 bits per heavy atom. The first-order valence-electron chi connectivity index (χ1n) is 14.0. The molecule has 0 unspecified atom stereocenters. The van der Waals surface area contributed by atoms with Gasteiger partial charge in [-0.2, -0.15) is 0 Å². The molecular weight excluding hydrogens is 547 g/mol. The second-order valence-electron chi connectivity index (χ2n) is 10.2. The van der Waals surface area contributed by atoms with Crippen LogP contribution < -0.4 is 0 Å². The molecule has 0 aliphatic carbocycles. The highest BCUT2D eigenvalue weighted by Crippen LogP contribution is 2.39. The van der Waals surface area contributed by atoms with E-state index in [9.17, 15) is 0 Å². The van der Waals surface area contributed by atoms with Crippen LogP contribution in [0.25, 0.3) is 76.7 Å². The first-order chi connectivity index (χ1) is 21.3. The molecule has 5 nitrogen and oxygen atoms in total. The van der Waals surface area contributed by atoms with Crippen molar-refractivity contribution in [3.63, 3.8) is 0 Å². The van der Waals surface area contributed by atoms with Crippen LogP contribution in [-0.2, 0) is 0 Å². The molecule has 0 spiro atoms. The predicted molar refractivity (Wildman–Crippen MR) is 175 cm³/mol. The van der Waals surface area contributed by atoms with E-state index in [1.807, 2.05) is 66.9 Å². The van der Waals surface area contributed by atoms with Gasteiger partial charge in [-0.15, -0.1) is 11.3 Å². The minimum absolute atomic E-state index is 0.646. The van der Waals surface area contributed by atoms with Gasteiger partial charge in [-0.05, 0) is 28.3 Å². The standard InChI is InChI=1S/C37H23N5S/c1-3-9-25(10-4-1)35-40-36(26-11-5-2-6-12-26)42-37(41-35)27-19-17-24(18-20-27)28-13-7-14-29(21-28)30-15-8-16-31-33-32(43-34(30)31)22-38-23-39-33/h1-23H. The summed E-state index contributed by atoms with van der Waals surface area (Å²) in [7, 11) is 0. The Labute approximate surface area is 252 Å². The predicted octanol–water partition coefficient (Wildman–Crippen LogP) is 9.36. The van der Waals surface area contributed by atoms with E-state index in [4.69, 9.17) is 15.0 Å². The lowest BCUT2D eigenvalue weighted by Gasteiger charge is -2.10. The van der Waals surface area contributed by atoms with Crippen LogP contribution in [0.3, 0.4) is 0 Å². The number of aromatic nitrogens is 5. The fraction of sp³-hybridized carbons (Fsp3) is 0. The van der Waals surface area contributed by atoms with E-state index in [1.54, 1.807) is 17.7 Å². The highest BCUT2D eigenvalue weighted by Gasteiger charge is 2.14. The molecule has 0 amide bonds. The van der Waals surface area contributed by atoms with Gasteiger partial charge in [0.25, 0.3) is 0 Å². The Morgan fingerprint density at radius 1 is 0.465 bits per heavy atom. The Hall–Kier alpha value is -5.59. The molecule has 8 rings (SSSR count). The first kappa shape index (κ1) is 25.1. The Kier molecular flexibility index (Phi) is 6.24. The number of nitrogens with zero attached hydrogens (tertiary/aromatic N) is 5. The van der Waals surface area contributed by atoms with Gasteiger partial charge in [-0.1, -0.05) is 121 Å². The van der Waals surface area contributed by atoms with Crippen LogP contribution in [0.4, 0.5) is 0 Å². The molecule has 0 N–H and O–H groups in total. The van der Waals surface area contributed by atoms with Crippen molar-refractivity contribution in [3.8, 4) is 56.4 Å². The van der Waals surface area contributed by atoms with Crippen LogP contribution in [0.1, 0.15) is 0 Å². The zero-order chi connectivity index (χ0) is 28.6. The number of benzene rings is 5. The van der Waals surface area contributed by atoms with Crippen LogP contribution in [0, 0.1) is 0 Å². The molecule has 3 heterocycles. The third-order valence-electron chi connectivity index (χ3n) is 7.51. The molecule has 202 valence electrons. The van der Waals surface area contributed by atoms with Gasteiger partial charge in [0.2, 0.25) is 0 Å². The van der Waals surface area contributed by atoms with E-state index < -0.39 is 0 Å². The van der Waals surface area contributed by atoms with E-state index in [0.717, 1.165) is 43.4 Å². The Morgan fingerprint density at radius 2 is 1.02 bits per heavy atom. The molecule has 0 bridgehead atoms. The summed E-state index contributed by atoms with van der Waals surface area (Å²) in [5, 5.41) is 1.16. The summed E-state index contributed by atoms with van der Waals surface area (Å²) in [5.74, 6) is 1.96. The van der Waals surface area contributed by atoms with Crippen molar-refractivity contribution in [1.29, 1.82) is 0 Å². The van der Waals surface area contributed by atoms with E-state index in [1.165, 1.54) is 15.8 Å². The highest BCUT2D eigenvalue weighted by molar-refractivity contribution is 7.26. The maximum atomic E-state index is 4.87. The number of thiophene rings is 1. The molecule has 0 saturated carbocycles. The fourth-order valence-corrected chi connectivity index (χ4v) is 6.54. The van der Waals surface area contributed by atoms with Gasteiger partial charge in [0.05, 0.1) is 10.2 Å². The van der Waals surface area contributed by atoms with Gasteiger partial charge in [0.1, 0.15) is 6.33 Å². The van der Waals surface area contributed by atoms with Gasteiger partial charge >= 0.3 is 0 Å². The Bertz CT molecular complexity index is 2170. The number of hydrogen-bond acceptors (Lipinski definition) is 6. The summed E-state index contributed by atoms with van der Waals surface area (Å²) >= 11 is 1.74. The summed E-state index contributed by atoms with van der Waals surface area (Å²) in [5.41, 5.74) is 8.50. The molecule has 0 saturated heterocycles. The van der Waals surface area contributed by atoms with Crippen molar-refractivity contribution < 1.29 is 0 Å². The van der Waals surface area contributed by atoms with Crippen molar-refractivity contribution >= 4 is 31.6 Å². The summed E-state index contributed by atoms with van der Waals surface area (Å²) in [6.07, 6.45) is 3.51. The molecule has 3 aromatic heterocycles. The van der Waals surface area contributed by atoms with Crippen molar-refractivity contribution in [2.45, 2.75) is 0 Å². The van der Waals surface area contributed by atoms with Crippen LogP contribution in [-0.4, -0.2) is 24.9 Å². The molecule has 6 heteroatoms. The van der Waals surface area contributed by atoms with E-state index in [-0.39, 0.29) is 0 Å². The number of hydrogen-bond donors (Lipinski definition) is 0. The smallest absolute Gasteiger partial charge is 0.164 e. The average molecular weight is 570 g/mol. The third kappa shape index (κ3) is 4.74. The fourth-order valence-electron chi connectivity index (χ4n) is 5.38. The normalized spacial score (nSPS) is 11.3. The van der Waals surface area contributed by atoms with Crippen LogP contribution in [0.15, 0.2) is 140 Å². The van der Waals surface area contributed by atoms with Crippen LogP contribution in [0.2, 0.25) is 0 Å². The van der Waals surface area contributed by atoms with Gasteiger partial charge in [0, 0.05) is 33.0 Å². The largest absolute Gasteiger partial charge is 0.243 e. The monoisotopic (exact) mass is 569 g/mol. The molecule has 8 aromatic rings. The molecule has 5 aromatic carbocycles. The number of fused-ring (bicyclic) bond motifs is 3. The topological polar surface area (TPSA) is 64.5 Å². The molecular formula is C37H23N5S. The van der Waals surface area contributed by atoms with Gasteiger partial charge < -0.3 is 0 Å². The zero-order valence-corrected chi connectivity index (χ0v) is 23.7. The van der Waals surface area contributed by atoms with Crippen molar-refractivity contribution in [1.82, 2.24) is 24.9 Å². The first-order valence-corrected chi connectivity index (χ1v) is 14.8. The summed E-state index contributed by atoms with van der Waals surface area (Å²) in [6.45, 7) is 0. The number of rotatable bonds is 5. The van der Waals surface area contributed by atoms with Crippen LogP contribution >= 0.6 is 11.3 Å². The summed E-state index contributed by atoms with van der Waals surface area (Å²) < 4.78 is 2.32. The van der Waals surface area contributed by atoms with E-state index >= 15 is 0 Å². The summed E-state index contributed by atoms with van der Waals surface area (Å²) in [4.78, 5) is 23.3. The molecule has 0 atom stereocenters. The SMILES string of the molecule is c1ccc(-c2nc(-c3ccccc3)nc(-c3ccc(-c4cccc(-c5cccc6c5sc5cncnc56)c4)cc3)n2)cc1. The molecule has 0 aliphatic heterocycles. The molecule has 43 heavy (non-hydrogen) atoms. The molecule has 0 fully saturated rings. The van der Waals surface area contributed by atoms with Crippen molar-refractivity contribution in [2.75, 3.05) is 0 Å². The van der Waals surface area contributed by atoms with E-state index in [2.05, 4.69) is 76.7 Å². The third-order valence-corrected chi connectivity index (χ3v) is 8.67.